The van der Waals surface area contributed by atoms with Crippen LogP contribution in [0.3, 0.4) is 0 Å². The summed E-state index contributed by atoms with van der Waals surface area (Å²) < 4.78 is 22.7. The molecular formula is C14H24N2O3S. The molecule has 20 heavy (non-hydrogen) atoms. The Morgan fingerprint density at radius 3 is 2.45 bits per heavy atom. The Morgan fingerprint density at radius 1 is 1.30 bits per heavy atom. The zero-order chi connectivity index (χ0) is 15.3. The number of hydrogen-bond acceptors (Lipinski definition) is 4. The first-order chi connectivity index (χ1) is 9.25. The third-order valence-electron chi connectivity index (χ3n) is 3.40. The first kappa shape index (κ1) is 17.1. The summed E-state index contributed by atoms with van der Waals surface area (Å²) in [5, 5.41) is 17.6. The van der Waals surface area contributed by atoms with Gasteiger partial charge in [0.2, 0.25) is 10.0 Å². The van der Waals surface area contributed by atoms with Gasteiger partial charge in [-0.1, -0.05) is 26.0 Å². The summed E-state index contributed by atoms with van der Waals surface area (Å²) in [7, 11) is -3.68. The molecule has 0 aromatic heterocycles. The lowest BCUT2D eigenvalue weighted by Gasteiger charge is -2.26. The molecule has 0 aliphatic heterocycles. The molecule has 4 N–H and O–H groups in total. The van der Waals surface area contributed by atoms with Gasteiger partial charge in [0.15, 0.2) is 0 Å². The molecule has 1 aromatic carbocycles. The van der Waals surface area contributed by atoms with Gasteiger partial charge in [0.1, 0.15) is 0 Å². The Bertz CT molecular complexity index is 529. The lowest BCUT2D eigenvalue weighted by molar-refractivity contribution is 0.237. The number of hydrogen-bond donors (Lipinski definition) is 3. The van der Waals surface area contributed by atoms with Crippen molar-refractivity contribution in [2.75, 3.05) is 6.61 Å². The quantitative estimate of drug-likeness (QED) is 0.709. The van der Waals surface area contributed by atoms with Crippen LogP contribution < -0.4 is 10.5 Å². The van der Waals surface area contributed by atoms with Crippen LogP contribution in [0, 0.1) is 5.92 Å². The summed E-state index contributed by atoms with van der Waals surface area (Å²) in [6.45, 7) is 6.26. The van der Waals surface area contributed by atoms with Crippen molar-refractivity contribution in [3.8, 4) is 0 Å². The van der Waals surface area contributed by atoms with Crippen LogP contribution in [0.25, 0.3) is 0 Å². The molecule has 0 saturated carbocycles. The van der Waals surface area contributed by atoms with Gasteiger partial charge in [-0.05, 0) is 37.0 Å². The topological polar surface area (TPSA) is 92.4 Å². The number of nitrogens with two attached hydrogens (primary N) is 1. The van der Waals surface area contributed by atoms with E-state index in [1.54, 1.807) is 12.1 Å². The van der Waals surface area contributed by atoms with Crippen molar-refractivity contribution < 1.29 is 13.5 Å². The molecule has 0 aliphatic carbocycles. The van der Waals surface area contributed by atoms with E-state index in [2.05, 4.69) is 19.2 Å². The van der Waals surface area contributed by atoms with Gasteiger partial charge < -0.3 is 10.4 Å². The highest BCUT2D eigenvalue weighted by molar-refractivity contribution is 7.89. The highest BCUT2D eigenvalue weighted by atomic mass is 32.2. The molecule has 0 bridgehead atoms. The Labute approximate surface area is 121 Å². The second-order valence-electron chi connectivity index (χ2n) is 5.37. The molecule has 5 nitrogen and oxygen atoms in total. The number of sulfonamides is 1. The van der Waals surface area contributed by atoms with Crippen LogP contribution in [0.2, 0.25) is 0 Å². The fourth-order valence-electron chi connectivity index (χ4n) is 2.13. The Kier molecular flexibility index (Phi) is 6.13. The fraction of sp³-hybridized carbons (Fsp3) is 0.571. The highest BCUT2D eigenvalue weighted by Gasteiger charge is 2.17. The van der Waals surface area contributed by atoms with Gasteiger partial charge >= 0.3 is 0 Å². The first-order valence-electron chi connectivity index (χ1n) is 6.75. The predicted molar refractivity (Wildman–Crippen MR) is 79.7 cm³/mol. The summed E-state index contributed by atoms with van der Waals surface area (Å²) in [5.74, 6) is 0.381. The second kappa shape index (κ2) is 7.17. The van der Waals surface area contributed by atoms with Gasteiger partial charge in [0.25, 0.3) is 0 Å². The van der Waals surface area contributed by atoms with E-state index in [0.717, 1.165) is 5.56 Å². The lowest BCUT2D eigenvalue weighted by Crippen LogP contribution is -2.36. The smallest absolute Gasteiger partial charge is 0.238 e. The Morgan fingerprint density at radius 2 is 1.95 bits per heavy atom. The fourth-order valence-corrected chi connectivity index (χ4v) is 2.70. The molecule has 0 amide bonds. The normalized spacial score (nSPS) is 15.3. The van der Waals surface area contributed by atoms with Gasteiger partial charge in [-0.3, -0.25) is 0 Å². The van der Waals surface area contributed by atoms with Crippen LogP contribution in [0.15, 0.2) is 29.2 Å². The minimum absolute atomic E-state index is 0.0179. The molecule has 6 heteroatoms. The molecule has 114 valence electrons. The zero-order valence-corrected chi connectivity index (χ0v) is 13.0. The SMILES string of the molecule is CC(NC(CCO)C(C)C)c1cccc(S(N)(=O)=O)c1. The molecule has 1 rings (SSSR count). The zero-order valence-electron chi connectivity index (χ0n) is 12.2. The summed E-state index contributed by atoms with van der Waals surface area (Å²) in [5.41, 5.74) is 0.861. The Balaban J connectivity index is 2.89. The first-order valence-corrected chi connectivity index (χ1v) is 8.30. The summed E-state index contributed by atoms with van der Waals surface area (Å²) in [6.07, 6.45) is 0.664. The molecule has 0 saturated heterocycles. The van der Waals surface area contributed by atoms with Gasteiger partial charge in [-0.25, -0.2) is 13.6 Å². The van der Waals surface area contributed by atoms with Crippen molar-refractivity contribution in [3.05, 3.63) is 29.8 Å². The number of benzene rings is 1. The molecule has 0 radical (unpaired) electrons. The van der Waals surface area contributed by atoms with Crippen molar-refractivity contribution >= 4 is 10.0 Å². The average Bonchev–Trinajstić information content (AvgIpc) is 2.37. The van der Waals surface area contributed by atoms with Gasteiger partial charge in [-0.15, -0.1) is 0 Å². The van der Waals surface area contributed by atoms with Crippen LogP contribution in [-0.2, 0) is 10.0 Å². The number of aliphatic hydroxyl groups excluding tert-OH is 1. The molecule has 2 atom stereocenters. The highest BCUT2D eigenvalue weighted by Crippen LogP contribution is 2.19. The lowest BCUT2D eigenvalue weighted by atomic mass is 9.98. The van der Waals surface area contributed by atoms with E-state index in [1.165, 1.54) is 6.07 Å². The van der Waals surface area contributed by atoms with Crippen LogP contribution in [0.1, 0.15) is 38.8 Å². The maximum atomic E-state index is 11.4. The minimum Gasteiger partial charge on any atom is -0.396 e. The maximum Gasteiger partial charge on any atom is 0.238 e. The van der Waals surface area contributed by atoms with Crippen molar-refractivity contribution in [1.82, 2.24) is 5.32 Å². The number of rotatable bonds is 7. The van der Waals surface area contributed by atoms with Crippen molar-refractivity contribution in [3.63, 3.8) is 0 Å². The summed E-state index contributed by atoms with van der Waals surface area (Å²) >= 11 is 0. The van der Waals surface area contributed by atoms with Crippen LogP contribution >= 0.6 is 0 Å². The van der Waals surface area contributed by atoms with E-state index in [9.17, 15) is 8.42 Å². The third-order valence-corrected chi connectivity index (χ3v) is 4.31. The summed E-state index contributed by atoms with van der Waals surface area (Å²) in [6, 6.07) is 6.78. The van der Waals surface area contributed by atoms with E-state index in [0.29, 0.717) is 12.3 Å². The van der Waals surface area contributed by atoms with E-state index in [4.69, 9.17) is 10.2 Å². The number of nitrogens with one attached hydrogen (secondary N) is 1. The number of aliphatic hydroxyl groups is 1. The maximum absolute atomic E-state index is 11.4. The second-order valence-corrected chi connectivity index (χ2v) is 6.93. The third kappa shape index (κ3) is 4.86. The summed E-state index contributed by atoms with van der Waals surface area (Å²) in [4.78, 5) is 0.118. The number of primary sulfonamides is 1. The van der Waals surface area contributed by atoms with E-state index >= 15 is 0 Å². The van der Waals surface area contributed by atoms with E-state index < -0.39 is 10.0 Å². The van der Waals surface area contributed by atoms with E-state index in [1.807, 2.05) is 13.0 Å². The molecule has 0 heterocycles. The monoisotopic (exact) mass is 300 g/mol. The van der Waals surface area contributed by atoms with Crippen LogP contribution in [-0.4, -0.2) is 26.2 Å². The predicted octanol–water partition coefficient (Wildman–Crippen LogP) is 1.39. The van der Waals surface area contributed by atoms with E-state index in [-0.39, 0.29) is 23.6 Å². The van der Waals surface area contributed by atoms with Gasteiger partial charge in [-0.2, -0.15) is 0 Å². The standard InChI is InChI=1S/C14H24N2O3S/c1-10(2)14(7-8-17)16-11(3)12-5-4-6-13(9-12)20(15,18)19/h4-6,9-11,14,16-17H,7-8H2,1-3H3,(H2,15,18,19). The average molecular weight is 300 g/mol. The molecule has 0 aliphatic rings. The van der Waals surface area contributed by atoms with Gasteiger partial charge in [0.05, 0.1) is 4.90 Å². The van der Waals surface area contributed by atoms with Gasteiger partial charge in [0, 0.05) is 18.7 Å². The van der Waals surface area contributed by atoms with Crippen molar-refractivity contribution in [1.29, 1.82) is 0 Å². The molecule has 1 aromatic rings. The van der Waals surface area contributed by atoms with Crippen LogP contribution in [0.5, 0.6) is 0 Å². The minimum atomic E-state index is -3.68. The van der Waals surface area contributed by atoms with Crippen molar-refractivity contribution in [2.45, 2.75) is 44.2 Å². The molecule has 0 spiro atoms. The Hall–Kier alpha value is -0.950. The molecule has 2 unspecified atom stereocenters. The molecule has 0 fully saturated rings. The molecular weight excluding hydrogens is 276 g/mol. The van der Waals surface area contributed by atoms with Crippen molar-refractivity contribution in [2.24, 2.45) is 11.1 Å². The van der Waals surface area contributed by atoms with Crippen LogP contribution in [0.4, 0.5) is 0 Å². The largest absolute Gasteiger partial charge is 0.396 e.